The van der Waals surface area contributed by atoms with Gasteiger partial charge >= 0.3 is 0 Å². The SMILES string of the molecule is CCCCCCCC(NC)c1sccc1CC. The molecule has 1 aromatic rings. The third kappa shape index (κ3) is 4.81. The quantitative estimate of drug-likeness (QED) is 0.615. The van der Waals surface area contributed by atoms with Crippen molar-refractivity contribution in [2.24, 2.45) is 0 Å². The van der Waals surface area contributed by atoms with Gasteiger partial charge in [-0.3, -0.25) is 0 Å². The van der Waals surface area contributed by atoms with Gasteiger partial charge in [0.1, 0.15) is 0 Å². The Labute approximate surface area is 111 Å². The van der Waals surface area contributed by atoms with Crippen LogP contribution in [0.2, 0.25) is 0 Å². The maximum Gasteiger partial charge on any atom is 0.0415 e. The molecule has 1 nitrogen and oxygen atoms in total. The molecule has 0 radical (unpaired) electrons. The van der Waals surface area contributed by atoms with Crippen LogP contribution in [0.4, 0.5) is 0 Å². The minimum Gasteiger partial charge on any atom is -0.312 e. The molecule has 0 aliphatic rings. The molecule has 1 heterocycles. The second-order valence-electron chi connectivity index (χ2n) is 4.71. The highest BCUT2D eigenvalue weighted by molar-refractivity contribution is 7.10. The Morgan fingerprint density at radius 1 is 1.18 bits per heavy atom. The first-order chi connectivity index (χ1) is 8.33. The van der Waals surface area contributed by atoms with Gasteiger partial charge < -0.3 is 5.32 Å². The van der Waals surface area contributed by atoms with Gasteiger partial charge in [-0.1, -0.05) is 46.0 Å². The van der Waals surface area contributed by atoms with Gasteiger partial charge in [-0.2, -0.15) is 0 Å². The zero-order valence-corrected chi connectivity index (χ0v) is 12.4. The van der Waals surface area contributed by atoms with Crippen molar-refractivity contribution in [1.82, 2.24) is 5.32 Å². The fourth-order valence-electron chi connectivity index (χ4n) is 2.30. The van der Waals surface area contributed by atoms with Gasteiger partial charge in [0, 0.05) is 10.9 Å². The molecule has 1 unspecified atom stereocenters. The predicted octanol–water partition coefficient (Wildman–Crippen LogP) is 4.93. The van der Waals surface area contributed by atoms with E-state index in [1.165, 1.54) is 44.1 Å². The van der Waals surface area contributed by atoms with E-state index in [0.29, 0.717) is 6.04 Å². The largest absolute Gasteiger partial charge is 0.312 e. The Morgan fingerprint density at radius 3 is 2.59 bits per heavy atom. The summed E-state index contributed by atoms with van der Waals surface area (Å²) >= 11 is 1.91. The van der Waals surface area contributed by atoms with Crippen LogP contribution in [-0.4, -0.2) is 7.05 Å². The van der Waals surface area contributed by atoms with E-state index < -0.39 is 0 Å². The molecule has 0 saturated carbocycles. The first kappa shape index (κ1) is 14.7. The van der Waals surface area contributed by atoms with Crippen LogP contribution in [0.15, 0.2) is 11.4 Å². The monoisotopic (exact) mass is 253 g/mol. The summed E-state index contributed by atoms with van der Waals surface area (Å²) in [5.74, 6) is 0. The molecule has 0 aromatic carbocycles. The predicted molar refractivity (Wildman–Crippen MR) is 78.9 cm³/mol. The van der Waals surface area contributed by atoms with Crippen molar-refractivity contribution in [2.45, 2.75) is 64.8 Å². The Kier molecular flexibility index (Phi) is 7.54. The molecule has 0 fully saturated rings. The normalized spacial score (nSPS) is 12.9. The lowest BCUT2D eigenvalue weighted by atomic mass is 10.0. The van der Waals surface area contributed by atoms with Crippen LogP contribution in [0.1, 0.15) is 68.9 Å². The molecule has 0 saturated heterocycles. The van der Waals surface area contributed by atoms with Gasteiger partial charge in [-0.15, -0.1) is 11.3 Å². The number of aryl methyl sites for hydroxylation is 1. The van der Waals surface area contributed by atoms with Crippen molar-refractivity contribution in [3.05, 3.63) is 21.9 Å². The highest BCUT2D eigenvalue weighted by Gasteiger charge is 2.13. The molecular weight excluding hydrogens is 226 g/mol. The van der Waals surface area contributed by atoms with Crippen molar-refractivity contribution in [3.63, 3.8) is 0 Å². The highest BCUT2D eigenvalue weighted by atomic mass is 32.1. The fourth-order valence-corrected chi connectivity index (χ4v) is 3.45. The summed E-state index contributed by atoms with van der Waals surface area (Å²) in [6, 6.07) is 2.85. The van der Waals surface area contributed by atoms with Crippen LogP contribution in [0.5, 0.6) is 0 Å². The summed E-state index contributed by atoms with van der Waals surface area (Å²) in [7, 11) is 2.09. The molecular formula is C15H27NS. The summed E-state index contributed by atoms with van der Waals surface area (Å²) in [4.78, 5) is 1.56. The molecule has 0 bridgehead atoms. The molecule has 0 aliphatic heterocycles. The van der Waals surface area contributed by atoms with E-state index in [9.17, 15) is 0 Å². The Bertz CT molecular complexity index is 293. The second kappa shape index (κ2) is 8.71. The maximum atomic E-state index is 3.48. The number of unbranched alkanes of at least 4 members (excludes halogenated alkanes) is 4. The molecule has 2 heteroatoms. The summed E-state index contributed by atoms with van der Waals surface area (Å²) < 4.78 is 0. The molecule has 17 heavy (non-hydrogen) atoms. The van der Waals surface area contributed by atoms with Gasteiger partial charge in [0.25, 0.3) is 0 Å². The second-order valence-corrected chi connectivity index (χ2v) is 5.66. The van der Waals surface area contributed by atoms with E-state index >= 15 is 0 Å². The van der Waals surface area contributed by atoms with Crippen molar-refractivity contribution in [1.29, 1.82) is 0 Å². The van der Waals surface area contributed by atoms with E-state index in [-0.39, 0.29) is 0 Å². The van der Waals surface area contributed by atoms with E-state index in [4.69, 9.17) is 0 Å². The average molecular weight is 253 g/mol. The lowest BCUT2D eigenvalue weighted by Gasteiger charge is -2.16. The molecule has 1 N–H and O–H groups in total. The van der Waals surface area contributed by atoms with Gasteiger partial charge in [-0.25, -0.2) is 0 Å². The zero-order valence-electron chi connectivity index (χ0n) is 11.6. The minimum absolute atomic E-state index is 0.576. The fraction of sp³-hybridized carbons (Fsp3) is 0.733. The minimum atomic E-state index is 0.576. The third-order valence-corrected chi connectivity index (χ3v) is 4.50. The Morgan fingerprint density at radius 2 is 1.94 bits per heavy atom. The number of nitrogens with one attached hydrogen (secondary N) is 1. The standard InChI is InChI=1S/C15H27NS/c1-4-6-7-8-9-10-14(16-3)15-13(5-2)11-12-17-15/h11-12,14,16H,4-10H2,1-3H3. The lowest BCUT2D eigenvalue weighted by molar-refractivity contribution is 0.504. The van der Waals surface area contributed by atoms with E-state index in [0.717, 1.165) is 6.42 Å². The molecule has 0 amide bonds. The number of hydrogen-bond acceptors (Lipinski definition) is 2. The van der Waals surface area contributed by atoms with Crippen LogP contribution >= 0.6 is 11.3 Å². The van der Waals surface area contributed by atoms with Crippen molar-refractivity contribution >= 4 is 11.3 Å². The third-order valence-electron chi connectivity index (χ3n) is 3.42. The Hall–Kier alpha value is -0.340. The Balaban J connectivity index is 2.38. The van der Waals surface area contributed by atoms with Crippen LogP contribution in [-0.2, 0) is 6.42 Å². The molecule has 1 atom stereocenters. The number of thiophene rings is 1. The topological polar surface area (TPSA) is 12.0 Å². The molecule has 1 rings (SSSR count). The highest BCUT2D eigenvalue weighted by Crippen LogP contribution is 2.28. The number of rotatable bonds is 9. The molecule has 1 aromatic heterocycles. The summed E-state index contributed by atoms with van der Waals surface area (Å²) in [5, 5.41) is 5.71. The first-order valence-corrected chi connectivity index (χ1v) is 7.94. The maximum absolute atomic E-state index is 3.48. The van der Waals surface area contributed by atoms with Crippen molar-refractivity contribution in [3.8, 4) is 0 Å². The average Bonchev–Trinajstić information content (AvgIpc) is 2.82. The van der Waals surface area contributed by atoms with Gasteiger partial charge in [0.2, 0.25) is 0 Å². The summed E-state index contributed by atoms with van der Waals surface area (Å²) in [5.41, 5.74) is 1.53. The summed E-state index contributed by atoms with van der Waals surface area (Å²) in [6.07, 6.45) is 9.31. The van der Waals surface area contributed by atoms with E-state index in [1.807, 2.05) is 11.3 Å². The van der Waals surface area contributed by atoms with Gasteiger partial charge in [-0.05, 0) is 36.9 Å². The summed E-state index contributed by atoms with van der Waals surface area (Å²) in [6.45, 7) is 4.52. The number of hydrogen-bond donors (Lipinski definition) is 1. The van der Waals surface area contributed by atoms with Gasteiger partial charge in [0.15, 0.2) is 0 Å². The van der Waals surface area contributed by atoms with Crippen molar-refractivity contribution < 1.29 is 0 Å². The van der Waals surface area contributed by atoms with Crippen LogP contribution in [0.25, 0.3) is 0 Å². The van der Waals surface area contributed by atoms with Crippen LogP contribution in [0.3, 0.4) is 0 Å². The zero-order chi connectivity index (χ0) is 12.5. The molecule has 98 valence electrons. The van der Waals surface area contributed by atoms with E-state index in [1.54, 1.807) is 4.88 Å². The first-order valence-electron chi connectivity index (χ1n) is 7.07. The van der Waals surface area contributed by atoms with Crippen LogP contribution in [0, 0.1) is 0 Å². The lowest BCUT2D eigenvalue weighted by Crippen LogP contribution is -2.16. The molecule has 0 spiro atoms. The van der Waals surface area contributed by atoms with Crippen molar-refractivity contribution in [2.75, 3.05) is 7.05 Å². The van der Waals surface area contributed by atoms with Crippen LogP contribution < -0.4 is 5.32 Å². The van der Waals surface area contributed by atoms with E-state index in [2.05, 4.69) is 37.7 Å². The van der Waals surface area contributed by atoms with Gasteiger partial charge in [0.05, 0.1) is 0 Å². The smallest absolute Gasteiger partial charge is 0.0415 e. The molecule has 0 aliphatic carbocycles.